The summed E-state index contributed by atoms with van der Waals surface area (Å²) in [6.45, 7) is 7.02. The van der Waals surface area contributed by atoms with Crippen LogP contribution in [-0.2, 0) is 43.9 Å². The van der Waals surface area contributed by atoms with E-state index in [1.807, 2.05) is 36.4 Å². The van der Waals surface area contributed by atoms with Crippen LogP contribution in [0.5, 0.6) is 23.0 Å². The molecular weight excluding hydrogens is 1110 g/mol. The van der Waals surface area contributed by atoms with E-state index >= 15 is 0 Å². The Labute approximate surface area is 505 Å². The van der Waals surface area contributed by atoms with Gasteiger partial charge in [-0.25, -0.2) is 4.79 Å². The monoisotopic (exact) mass is 1190 g/mol. The minimum Gasteiger partial charge on any atom is -0.508 e. The number of esters is 1. The average Bonchev–Trinajstić information content (AvgIpc) is 1.63. The standard InChI is InChI=1S/C66H78N8O13/c1-36(2)56(73-60(80)37(3)68)58(78)45-21-15-22-46(45)63(83)74-57(55(39-16-7-5-8-17-39)40-18-9-6-10-19-40)64(84)71-38(4)61(81)72-51(52(77)33-41(59(69)79)20-11-13-30-67)23-12-14-31-70-62(82)42-24-27-48-47(32-42)65(85)87-66(48)49-28-25-43(75)34-53(49)86-54-35-44(76)26-29-50(54)66/h5-10,16-19,24-29,32,34-38,41,45-46,51,55-57,75-76H,11-15,20-23,30-31,33,67-68H2,1-4H3,(H2,69,79)(H,70,82)(H,71,84)(H,72,81)(H,73,80)(H,74,83)/t37-,38-,41+,45?,46+,51?,56-,57-/m0/s1. The smallest absolute Gasteiger partial charge is 0.340 e. The summed E-state index contributed by atoms with van der Waals surface area (Å²) in [6, 6.07) is 25.9. The molecule has 8 rings (SSSR count). The third kappa shape index (κ3) is 14.7. The fourth-order valence-corrected chi connectivity index (χ4v) is 12.0. The number of Topliss-reactive ketones (excluding diaryl/α,β-unsaturated/α-hetero) is 2. The van der Waals surface area contributed by atoms with Gasteiger partial charge in [0.05, 0.1) is 23.7 Å². The normalized spacial score (nSPS) is 17.4. The number of hydrogen-bond donors (Lipinski definition) is 10. The van der Waals surface area contributed by atoms with E-state index in [-0.39, 0.29) is 78.1 Å². The number of nitrogens with one attached hydrogen (secondary N) is 5. The molecule has 5 aromatic rings. The molecule has 0 aromatic heterocycles. The van der Waals surface area contributed by atoms with E-state index in [1.54, 1.807) is 62.4 Å². The Morgan fingerprint density at radius 3 is 1.84 bits per heavy atom. The van der Waals surface area contributed by atoms with E-state index in [0.29, 0.717) is 72.9 Å². The quantitative estimate of drug-likeness (QED) is 0.0217. The van der Waals surface area contributed by atoms with Gasteiger partial charge in [-0.1, -0.05) is 93.4 Å². The van der Waals surface area contributed by atoms with E-state index < -0.39 is 107 Å². The van der Waals surface area contributed by atoms with Gasteiger partial charge in [0.1, 0.15) is 35.1 Å². The molecule has 2 aliphatic heterocycles. The average molecular weight is 1190 g/mol. The van der Waals surface area contributed by atoms with Gasteiger partial charge in [-0.15, -0.1) is 0 Å². The number of benzene rings is 5. The van der Waals surface area contributed by atoms with Crippen molar-refractivity contribution < 1.29 is 62.8 Å². The van der Waals surface area contributed by atoms with Crippen LogP contribution in [0.4, 0.5) is 0 Å². The number of rotatable bonds is 28. The van der Waals surface area contributed by atoms with E-state index in [2.05, 4.69) is 26.6 Å². The maximum absolute atomic E-state index is 15.0. The second-order valence-electron chi connectivity index (χ2n) is 23.2. The molecule has 0 saturated heterocycles. The van der Waals surface area contributed by atoms with Crippen LogP contribution in [0.1, 0.15) is 146 Å². The Morgan fingerprint density at radius 2 is 1.25 bits per heavy atom. The third-order valence-electron chi connectivity index (χ3n) is 16.7. The summed E-state index contributed by atoms with van der Waals surface area (Å²) >= 11 is 0. The molecule has 2 unspecified atom stereocenters. The lowest BCUT2D eigenvalue weighted by atomic mass is 9.77. The zero-order valence-electron chi connectivity index (χ0n) is 49.3. The molecular formula is C66H78N8O13. The molecule has 1 aliphatic carbocycles. The molecule has 87 heavy (non-hydrogen) atoms. The van der Waals surface area contributed by atoms with Crippen molar-refractivity contribution in [2.24, 2.45) is 40.9 Å². The van der Waals surface area contributed by atoms with Crippen molar-refractivity contribution in [3.63, 3.8) is 0 Å². The largest absolute Gasteiger partial charge is 0.508 e. The molecule has 21 nitrogen and oxygen atoms in total. The number of carbonyl (C=O) groups excluding carboxylic acids is 9. The predicted molar refractivity (Wildman–Crippen MR) is 322 cm³/mol. The van der Waals surface area contributed by atoms with Gasteiger partial charge in [0.15, 0.2) is 17.2 Å². The van der Waals surface area contributed by atoms with Crippen molar-refractivity contribution >= 4 is 53.0 Å². The number of nitrogens with two attached hydrogens (primary N) is 3. The molecule has 13 N–H and O–H groups in total. The Hall–Kier alpha value is -8.95. The summed E-state index contributed by atoms with van der Waals surface area (Å²) < 4.78 is 12.2. The summed E-state index contributed by atoms with van der Waals surface area (Å²) in [5.41, 5.74) is 18.7. The van der Waals surface area contributed by atoms with Crippen LogP contribution in [0.3, 0.4) is 0 Å². The zero-order chi connectivity index (χ0) is 62.7. The molecule has 5 aromatic carbocycles. The van der Waals surface area contributed by atoms with Crippen LogP contribution in [0.15, 0.2) is 115 Å². The lowest BCUT2D eigenvalue weighted by Crippen LogP contribution is -2.57. The lowest BCUT2D eigenvalue weighted by molar-refractivity contribution is -0.138. The second-order valence-corrected chi connectivity index (χ2v) is 23.2. The van der Waals surface area contributed by atoms with Crippen molar-refractivity contribution in [2.45, 2.75) is 134 Å². The second kappa shape index (κ2) is 28.5. The molecule has 0 bridgehead atoms. The number of amides is 6. The minimum absolute atomic E-state index is 0.0566. The molecule has 21 heteroatoms. The maximum Gasteiger partial charge on any atom is 0.340 e. The Morgan fingerprint density at radius 1 is 0.655 bits per heavy atom. The topological polar surface area (TPSA) is 351 Å². The van der Waals surface area contributed by atoms with E-state index in [1.165, 1.54) is 44.2 Å². The number of hydrogen-bond acceptors (Lipinski definition) is 15. The van der Waals surface area contributed by atoms with Crippen LogP contribution in [-0.4, -0.2) is 106 Å². The highest BCUT2D eigenvalue weighted by molar-refractivity contribution is 6.02. The highest BCUT2D eigenvalue weighted by Gasteiger charge is 2.54. The van der Waals surface area contributed by atoms with Crippen LogP contribution in [0.25, 0.3) is 0 Å². The number of ketones is 2. The molecule has 2 heterocycles. The van der Waals surface area contributed by atoms with Gasteiger partial charge in [0.25, 0.3) is 5.91 Å². The summed E-state index contributed by atoms with van der Waals surface area (Å²) in [7, 11) is 0. The van der Waals surface area contributed by atoms with Gasteiger partial charge < -0.3 is 63.5 Å². The minimum atomic E-state index is -1.53. The van der Waals surface area contributed by atoms with Crippen molar-refractivity contribution in [1.29, 1.82) is 0 Å². The first-order chi connectivity index (χ1) is 41.6. The predicted octanol–water partition coefficient (Wildman–Crippen LogP) is 5.54. The highest BCUT2D eigenvalue weighted by Crippen LogP contribution is 2.57. The van der Waals surface area contributed by atoms with E-state index in [9.17, 15) is 53.4 Å². The Kier molecular flexibility index (Phi) is 21.0. The van der Waals surface area contributed by atoms with Crippen molar-refractivity contribution in [2.75, 3.05) is 13.1 Å². The summed E-state index contributed by atoms with van der Waals surface area (Å²) in [5, 5.41) is 34.8. The van der Waals surface area contributed by atoms with E-state index in [0.717, 1.165) is 0 Å². The number of primary amides is 1. The lowest BCUT2D eigenvalue weighted by Gasteiger charge is -2.36. The van der Waals surface area contributed by atoms with Crippen LogP contribution in [0, 0.1) is 23.7 Å². The first kappa shape index (κ1) is 64.1. The molecule has 0 radical (unpaired) electrons. The summed E-state index contributed by atoms with van der Waals surface area (Å²) in [4.78, 5) is 125. The summed E-state index contributed by atoms with van der Waals surface area (Å²) in [5.74, 6) is -8.64. The van der Waals surface area contributed by atoms with Crippen LogP contribution >= 0.6 is 0 Å². The molecule has 1 fully saturated rings. The van der Waals surface area contributed by atoms with Crippen molar-refractivity contribution in [3.8, 4) is 23.0 Å². The Bertz CT molecular complexity index is 3280. The highest BCUT2D eigenvalue weighted by atomic mass is 16.6. The van der Waals surface area contributed by atoms with Gasteiger partial charge >= 0.3 is 5.97 Å². The first-order valence-electron chi connectivity index (χ1n) is 29.8. The fourth-order valence-electron chi connectivity index (χ4n) is 12.0. The van der Waals surface area contributed by atoms with Gasteiger partial charge in [-0.3, -0.25) is 38.4 Å². The number of fused-ring (bicyclic) bond motifs is 6. The number of ether oxygens (including phenoxy) is 2. The molecule has 8 atom stereocenters. The number of phenolic OH excluding ortho intramolecular Hbond substituents is 2. The van der Waals surface area contributed by atoms with Crippen LogP contribution in [0.2, 0.25) is 0 Å². The van der Waals surface area contributed by atoms with Crippen LogP contribution < -0.4 is 48.5 Å². The SMILES string of the molecule is CC(C)[C@H](NC(=O)[C@H](C)N)C(=O)C1CCC[C@H]1C(=O)N[C@H](C(=O)N[C@@H](C)C(=O)NC(CCCCNC(=O)c1ccc2c(c1)C(=O)OC21c2ccc(O)cc2Oc2cc(O)ccc21)C(=O)C[C@@H](CCCCN)C(N)=O)C(c1ccccc1)c1ccccc1. The molecule has 3 aliphatic rings. The number of aromatic hydroxyl groups is 2. The maximum atomic E-state index is 15.0. The number of carbonyl (C=O) groups is 9. The number of unbranched alkanes of at least 4 members (excludes halogenated alkanes) is 2. The number of phenols is 2. The van der Waals surface area contributed by atoms with Crippen molar-refractivity contribution in [3.05, 3.63) is 154 Å². The van der Waals surface area contributed by atoms with Gasteiger partial charge in [-0.05, 0) is 119 Å². The van der Waals surface area contributed by atoms with E-state index in [4.69, 9.17) is 26.7 Å². The van der Waals surface area contributed by atoms with Gasteiger partial charge in [0, 0.05) is 71.0 Å². The molecule has 1 saturated carbocycles. The molecule has 1 spiro atoms. The first-order valence-corrected chi connectivity index (χ1v) is 29.8. The molecule has 6 amide bonds. The Balaban J connectivity index is 0.974. The fraction of sp³-hybridized carbons (Fsp3) is 0.409. The molecule has 460 valence electrons. The van der Waals surface area contributed by atoms with Gasteiger partial charge in [-0.2, -0.15) is 0 Å². The van der Waals surface area contributed by atoms with Gasteiger partial charge in [0.2, 0.25) is 29.5 Å². The third-order valence-corrected chi connectivity index (χ3v) is 16.7. The van der Waals surface area contributed by atoms with Crippen molar-refractivity contribution in [1.82, 2.24) is 26.6 Å². The zero-order valence-corrected chi connectivity index (χ0v) is 49.3. The summed E-state index contributed by atoms with van der Waals surface area (Å²) in [6.07, 6.45) is 3.04.